The first-order chi connectivity index (χ1) is 14.8. The van der Waals surface area contributed by atoms with Crippen molar-refractivity contribution < 1.29 is 4.79 Å². The molecule has 8 nitrogen and oxygen atoms in total. The van der Waals surface area contributed by atoms with E-state index in [1.54, 1.807) is 24.7 Å². The third kappa shape index (κ3) is 3.42. The number of aromatic amines is 2. The van der Waals surface area contributed by atoms with Crippen molar-refractivity contribution in [2.45, 2.75) is 6.54 Å². The Morgan fingerprint density at radius 2 is 1.93 bits per heavy atom. The number of rotatable bonds is 5. The molecule has 0 fully saturated rings. The summed E-state index contributed by atoms with van der Waals surface area (Å²) in [7, 11) is 0. The van der Waals surface area contributed by atoms with Gasteiger partial charge in [-0.1, -0.05) is 24.3 Å². The Morgan fingerprint density at radius 1 is 0.967 bits per heavy atom. The van der Waals surface area contributed by atoms with Crippen molar-refractivity contribution in [2.75, 3.05) is 0 Å². The molecule has 3 heterocycles. The Labute approximate surface area is 171 Å². The summed E-state index contributed by atoms with van der Waals surface area (Å²) < 4.78 is 0. The highest BCUT2D eigenvalue weighted by Gasteiger charge is 2.13. The lowest BCUT2D eigenvalue weighted by Crippen LogP contribution is -2.22. The second kappa shape index (κ2) is 7.59. The molecule has 0 bridgehead atoms. The van der Waals surface area contributed by atoms with E-state index in [9.17, 15) is 4.79 Å². The van der Waals surface area contributed by atoms with Crippen LogP contribution in [-0.4, -0.2) is 36.5 Å². The van der Waals surface area contributed by atoms with E-state index in [0.29, 0.717) is 12.1 Å². The fourth-order valence-electron chi connectivity index (χ4n) is 3.33. The summed E-state index contributed by atoms with van der Waals surface area (Å²) in [6.45, 7) is 0.420. The average molecular weight is 395 g/mol. The number of hydrogen-bond acceptors (Lipinski definition) is 5. The van der Waals surface area contributed by atoms with Crippen LogP contribution in [0.4, 0.5) is 0 Å². The van der Waals surface area contributed by atoms with Crippen molar-refractivity contribution in [2.24, 2.45) is 0 Å². The number of aromatic nitrogens is 6. The fraction of sp³-hybridized carbons (Fsp3) is 0.0455. The van der Waals surface area contributed by atoms with Gasteiger partial charge in [0.05, 0.1) is 17.4 Å². The average Bonchev–Trinajstić information content (AvgIpc) is 3.48. The first kappa shape index (κ1) is 17.7. The van der Waals surface area contributed by atoms with Gasteiger partial charge in [0, 0.05) is 41.0 Å². The second-order valence-electron chi connectivity index (χ2n) is 6.81. The molecule has 0 spiro atoms. The van der Waals surface area contributed by atoms with Crippen molar-refractivity contribution in [1.29, 1.82) is 0 Å². The zero-order chi connectivity index (χ0) is 20.3. The van der Waals surface area contributed by atoms with Gasteiger partial charge in [0.1, 0.15) is 5.69 Å². The first-order valence-corrected chi connectivity index (χ1v) is 9.40. The number of nitrogens with one attached hydrogen (secondary N) is 3. The minimum Gasteiger partial charge on any atom is -0.348 e. The summed E-state index contributed by atoms with van der Waals surface area (Å²) in [6.07, 6.45) is 5.12. The lowest BCUT2D eigenvalue weighted by atomic mass is 10.0. The molecule has 0 unspecified atom stereocenters. The number of carbonyl (C=O) groups excluding carboxylic acids is 1. The molecule has 5 aromatic rings. The molecule has 3 N–H and O–H groups in total. The Morgan fingerprint density at radius 3 is 2.77 bits per heavy atom. The Balaban J connectivity index is 1.44. The van der Waals surface area contributed by atoms with Crippen molar-refractivity contribution in [3.05, 3.63) is 84.3 Å². The van der Waals surface area contributed by atoms with Gasteiger partial charge in [-0.15, -0.1) is 0 Å². The van der Waals surface area contributed by atoms with Gasteiger partial charge >= 0.3 is 0 Å². The number of H-pyrrole nitrogens is 2. The van der Waals surface area contributed by atoms with Gasteiger partial charge in [-0.3, -0.25) is 14.9 Å². The Hall–Kier alpha value is -4.33. The summed E-state index contributed by atoms with van der Waals surface area (Å²) in [5.74, 6) is -0.149. The van der Waals surface area contributed by atoms with E-state index in [1.807, 2.05) is 48.5 Å². The maximum absolute atomic E-state index is 12.6. The number of nitrogens with zero attached hydrogens (tertiary/aromatic N) is 4. The highest BCUT2D eigenvalue weighted by Crippen LogP contribution is 2.30. The molecular weight excluding hydrogens is 378 g/mol. The van der Waals surface area contributed by atoms with E-state index in [0.717, 1.165) is 39.0 Å². The van der Waals surface area contributed by atoms with E-state index < -0.39 is 0 Å². The zero-order valence-corrected chi connectivity index (χ0v) is 15.8. The van der Waals surface area contributed by atoms with Crippen LogP contribution in [0.3, 0.4) is 0 Å². The quantitative estimate of drug-likeness (QED) is 0.422. The highest BCUT2D eigenvalue weighted by atomic mass is 16.1. The van der Waals surface area contributed by atoms with Crippen molar-refractivity contribution in [3.8, 4) is 22.5 Å². The largest absolute Gasteiger partial charge is 0.348 e. The predicted octanol–water partition coefficient (Wildman–Crippen LogP) is 3.34. The van der Waals surface area contributed by atoms with E-state index in [1.165, 1.54) is 0 Å². The van der Waals surface area contributed by atoms with E-state index in [4.69, 9.17) is 0 Å². The van der Waals surface area contributed by atoms with Crippen LogP contribution in [0, 0.1) is 0 Å². The van der Waals surface area contributed by atoms with Crippen LogP contribution in [-0.2, 0) is 6.54 Å². The van der Waals surface area contributed by atoms with Gasteiger partial charge in [0.25, 0.3) is 5.91 Å². The number of pyridine rings is 1. The molecule has 0 radical (unpaired) electrons. The molecule has 2 aromatic carbocycles. The zero-order valence-electron chi connectivity index (χ0n) is 15.8. The third-order valence-electron chi connectivity index (χ3n) is 4.85. The van der Waals surface area contributed by atoms with E-state index in [-0.39, 0.29) is 5.91 Å². The van der Waals surface area contributed by atoms with E-state index in [2.05, 4.69) is 35.9 Å². The lowest BCUT2D eigenvalue weighted by Gasteiger charge is -2.07. The second-order valence-corrected chi connectivity index (χ2v) is 6.81. The minimum absolute atomic E-state index is 0.149. The van der Waals surface area contributed by atoms with Gasteiger partial charge in [0.2, 0.25) is 0 Å². The molecule has 0 aliphatic carbocycles. The van der Waals surface area contributed by atoms with E-state index >= 15 is 0 Å². The molecule has 1 amide bonds. The number of carbonyl (C=O) groups is 1. The normalized spacial score (nSPS) is 10.9. The number of benzene rings is 2. The lowest BCUT2D eigenvalue weighted by molar-refractivity contribution is 0.0951. The first-order valence-electron chi connectivity index (χ1n) is 9.40. The maximum Gasteiger partial charge on any atom is 0.251 e. The van der Waals surface area contributed by atoms with Crippen molar-refractivity contribution in [1.82, 2.24) is 35.9 Å². The Kier molecular flexibility index (Phi) is 4.49. The monoisotopic (exact) mass is 395 g/mol. The van der Waals surface area contributed by atoms with Gasteiger partial charge in [0.15, 0.2) is 0 Å². The van der Waals surface area contributed by atoms with Crippen LogP contribution < -0.4 is 5.32 Å². The van der Waals surface area contributed by atoms with Crippen molar-refractivity contribution in [3.63, 3.8) is 0 Å². The number of hydrogen-bond donors (Lipinski definition) is 3. The Bertz CT molecular complexity index is 1310. The van der Waals surface area contributed by atoms with Gasteiger partial charge in [-0.25, -0.2) is 0 Å². The van der Waals surface area contributed by atoms with Crippen LogP contribution in [0.2, 0.25) is 0 Å². The SMILES string of the molecule is O=C(NCc1cccnc1)c1cccc(-c2n[nH]c3ccc(-c4cn[nH]n4)cc23)c1. The predicted molar refractivity (Wildman–Crippen MR) is 112 cm³/mol. The molecule has 0 aliphatic rings. The molecule has 0 aliphatic heterocycles. The van der Waals surface area contributed by atoms with Gasteiger partial charge in [-0.05, 0) is 35.9 Å². The van der Waals surface area contributed by atoms with Crippen LogP contribution in [0.15, 0.2) is 73.2 Å². The van der Waals surface area contributed by atoms with Crippen LogP contribution in [0.25, 0.3) is 33.4 Å². The van der Waals surface area contributed by atoms with Crippen molar-refractivity contribution >= 4 is 16.8 Å². The molecule has 5 rings (SSSR count). The summed E-state index contributed by atoms with van der Waals surface area (Å²) in [4.78, 5) is 16.7. The highest BCUT2D eigenvalue weighted by molar-refractivity contribution is 5.98. The fourth-order valence-corrected chi connectivity index (χ4v) is 3.33. The molecule has 30 heavy (non-hydrogen) atoms. The van der Waals surface area contributed by atoms with Gasteiger partial charge in [-0.2, -0.15) is 20.5 Å². The van der Waals surface area contributed by atoms with Crippen LogP contribution in [0.5, 0.6) is 0 Å². The topological polar surface area (TPSA) is 112 Å². The van der Waals surface area contributed by atoms with Crippen LogP contribution in [0.1, 0.15) is 15.9 Å². The molecule has 0 saturated heterocycles. The summed E-state index contributed by atoms with van der Waals surface area (Å²) in [5.41, 5.74) is 5.74. The molecular formula is C22H17N7O. The molecule has 146 valence electrons. The molecule has 0 atom stereocenters. The standard InChI is InChI=1S/C22H17N7O/c30-22(24-12-14-3-2-8-23-11-14)17-5-1-4-16(9-17)21-18-10-15(20-13-25-29-27-20)6-7-19(18)26-28-21/h1-11,13H,12H2,(H,24,30)(H,26,28)(H,25,27,29). The summed E-state index contributed by atoms with van der Waals surface area (Å²) >= 11 is 0. The molecule has 0 saturated carbocycles. The third-order valence-corrected chi connectivity index (χ3v) is 4.85. The number of fused-ring (bicyclic) bond motifs is 1. The minimum atomic E-state index is -0.149. The van der Waals surface area contributed by atoms with Gasteiger partial charge < -0.3 is 5.32 Å². The van der Waals surface area contributed by atoms with Crippen LogP contribution >= 0.6 is 0 Å². The molecule has 8 heteroatoms. The maximum atomic E-state index is 12.6. The summed E-state index contributed by atoms with van der Waals surface area (Å²) in [5, 5.41) is 22.0. The molecule has 3 aromatic heterocycles. The smallest absolute Gasteiger partial charge is 0.251 e. The summed E-state index contributed by atoms with van der Waals surface area (Å²) in [6, 6.07) is 17.1. The number of amides is 1.